The third kappa shape index (κ3) is 1.38. The molecule has 2 saturated carbocycles. The van der Waals surface area contributed by atoms with Crippen molar-refractivity contribution < 1.29 is 4.84 Å². The van der Waals surface area contributed by atoms with Gasteiger partial charge in [-0.1, -0.05) is 27.2 Å². The summed E-state index contributed by atoms with van der Waals surface area (Å²) < 4.78 is 0. The third-order valence-electron chi connectivity index (χ3n) is 4.35. The maximum atomic E-state index is 8.19. The van der Waals surface area contributed by atoms with Crippen molar-refractivity contribution in [3.63, 3.8) is 0 Å². The second kappa shape index (κ2) is 3.29. The van der Waals surface area contributed by atoms with Crippen molar-refractivity contribution in [1.29, 1.82) is 0 Å². The molecule has 5 heteroatoms. The van der Waals surface area contributed by atoms with E-state index in [0.29, 0.717) is 11.8 Å². The first-order chi connectivity index (χ1) is 7.04. The summed E-state index contributed by atoms with van der Waals surface area (Å²) in [5, 5.41) is 3.24. The highest BCUT2D eigenvalue weighted by Crippen LogP contribution is 2.70. The van der Waals surface area contributed by atoms with E-state index in [4.69, 9.17) is 10.4 Å². The minimum atomic E-state index is -0.112. The van der Waals surface area contributed by atoms with Crippen LogP contribution in [0.15, 0.2) is 0 Å². The van der Waals surface area contributed by atoms with Crippen LogP contribution in [0.3, 0.4) is 0 Å². The topological polar surface area (TPSA) is 71.8 Å². The number of hydrogen-bond donors (Lipinski definition) is 1. The monoisotopic (exact) mass is 210 g/mol. The highest BCUT2D eigenvalue weighted by Gasteiger charge is 2.75. The molecular weight excluding hydrogens is 192 g/mol. The Morgan fingerprint density at radius 3 is 2.80 bits per heavy atom. The molecule has 0 aromatic rings. The molecule has 0 aromatic heterocycles. The second-order valence-electron chi connectivity index (χ2n) is 5.43. The van der Waals surface area contributed by atoms with Crippen LogP contribution >= 0.6 is 0 Å². The largest absolute Gasteiger partial charge is 0.251 e. The fourth-order valence-corrected chi connectivity index (χ4v) is 3.36. The first-order valence-electron chi connectivity index (χ1n) is 5.51. The standard InChI is InChI=1S/C10H18N4O/c1-7-4-5-8-9(2,3)10(8,6-7)15-14-13-12-11/h7-8,14H,4-6H2,1-3H3/q+1. The van der Waals surface area contributed by atoms with Crippen molar-refractivity contribution in [2.45, 2.75) is 45.6 Å². The van der Waals surface area contributed by atoms with Crippen molar-refractivity contribution in [3.8, 4) is 0 Å². The van der Waals surface area contributed by atoms with Gasteiger partial charge in [0.15, 0.2) is 0 Å². The Balaban J connectivity index is 2.07. The van der Waals surface area contributed by atoms with Crippen LogP contribution in [-0.4, -0.2) is 5.60 Å². The summed E-state index contributed by atoms with van der Waals surface area (Å²) in [4.78, 5) is 8.23. The van der Waals surface area contributed by atoms with Gasteiger partial charge in [0.2, 0.25) is 5.53 Å². The lowest BCUT2D eigenvalue weighted by atomic mass is 9.88. The molecule has 2 fully saturated rings. The van der Waals surface area contributed by atoms with E-state index >= 15 is 0 Å². The number of nitrogens with one attached hydrogen (secondary N) is 1. The molecule has 2 rings (SSSR count). The highest BCUT2D eigenvalue weighted by molar-refractivity contribution is 5.21. The molecule has 15 heavy (non-hydrogen) atoms. The molecule has 0 spiro atoms. The van der Waals surface area contributed by atoms with Gasteiger partial charge in [-0.2, -0.15) is 4.84 Å². The number of azide groups is 1. The smallest absolute Gasteiger partial charge is 0.168 e. The summed E-state index contributed by atoms with van der Waals surface area (Å²) in [6.45, 7) is 6.71. The van der Waals surface area contributed by atoms with Gasteiger partial charge < -0.3 is 0 Å². The Kier molecular flexibility index (Phi) is 2.32. The molecule has 5 nitrogen and oxygen atoms in total. The second-order valence-corrected chi connectivity index (χ2v) is 5.43. The summed E-state index contributed by atoms with van der Waals surface area (Å²) in [5.74, 6) is 1.29. The number of rotatable bonds is 3. The summed E-state index contributed by atoms with van der Waals surface area (Å²) in [6, 6.07) is 0. The predicted octanol–water partition coefficient (Wildman–Crippen LogP) is 2.28. The zero-order valence-corrected chi connectivity index (χ0v) is 9.53. The van der Waals surface area contributed by atoms with Crippen LogP contribution in [0.4, 0.5) is 0 Å². The van der Waals surface area contributed by atoms with E-state index in [1.807, 2.05) is 0 Å². The molecule has 1 radical (unpaired) electrons. The Labute approximate surface area is 89.7 Å². The van der Waals surface area contributed by atoms with E-state index in [9.17, 15) is 0 Å². The summed E-state index contributed by atoms with van der Waals surface area (Å²) in [6.07, 6.45) is 3.55. The van der Waals surface area contributed by atoms with Crippen LogP contribution in [0, 0.1) is 17.3 Å². The van der Waals surface area contributed by atoms with Crippen LogP contribution in [0.5, 0.6) is 0 Å². The Morgan fingerprint density at radius 2 is 2.13 bits per heavy atom. The van der Waals surface area contributed by atoms with Crippen molar-refractivity contribution in [2.24, 2.45) is 17.3 Å². The average molecular weight is 210 g/mol. The summed E-state index contributed by atoms with van der Waals surface area (Å²) >= 11 is 0. The van der Waals surface area contributed by atoms with Crippen LogP contribution in [0.1, 0.15) is 40.0 Å². The lowest BCUT2D eigenvalue weighted by Gasteiger charge is -2.24. The molecule has 83 valence electrons. The van der Waals surface area contributed by atoms with E-state index in [0.717, 1.165) is 6.42 Å². The highest BCUT2D eigenvalue weighted by atomic mass is 16.7. The van der Waals surface area contributed by atoms with E-state index in [1.165, 1.54) is 12.8 Å². The Bertz CT molecular complexity index is 311. The fraction of sp³-hybridized carbons (Fsp3) is 1.00. The van der Waals surface area contributed by atoms with Gasteiger partial charge in [-0.05, 0) is 24.3 Å². The number of fused-ring (bicyclic) bond motifs is 1. The van der Waals surface area contributed by atoms with Gasteiger partial charge in [0.05, 0.1) is 4.91 Å². The molecule has 0 aromatic carbocycles. The summed E-state index contributed by atoms with van der Waals surface area (Å²) in [7, 11) is 0. The lowest BCUT2D eigenvalue weighted by molar-refractivity contribution is -0.0958. The first-order valence-corrected chi connectivity index (χ1v) is 5.51. The molecule has 0 aliphatic heterocycles. The van der Waals surface area contributed by atoms with Gasteiger partial charge in [0.25, 0.3) is 5.22 Å². The van der Waals surface area contributed by atoms with Gasteiger partial charge in [0, 0.05) is 11.3 Å². The maximum Gasteiger partial charge on any atom is 0.251 e. The normalized spacial score (nSPS) is 41.3. The van der Waals surface area contributed by atoms with Gasteiger partial charge in [-0.15, -0.1) is 0 Å². The van der Waals surface area contributed by atoms with Gasteiger partial charge in [-0.3, -0.25) is 0 Å². The number of nitrogens with zero attached hydrogens (tertiary/aromatic N) is 3. The van der Waals surface area contributed by atoms with Crippen LogP contribution in [0.25, 0.3) is 10.4 Å². The fourth-order valence-electron chi connectivity index (χ4n) is 3.36. The predicted molar refractivity (Wildman–Crippen MR) is 56.1 cm³/mol. The average Bonchev–Trinajstić information content (AvgIpc) is 2.63. The molecule has 0 bridgehead atoms. The SMILES string of the molecule is CC1CCC2C(C)(C)C2(ON[N+]=[N+]=[N-])C1. The molecule has 3 unspecified atom stereocenters. The third-order valence-corrected chi connectivity index (χ3v) is 4.35. The summed E-state index contributed by atoms with van der Waals surface area (Å²) in [5.41, 5.74) is 10.7. The van der Waals surface area contributed by atoms with E-state index in [2.05, 4.69) is 36.5 Å². The molecule has 0 heterocycles. The zero-order valence-electron chi connectivity index (χ0n) is 9.53. The first kappa shape index (κ1) is 10.6. The molecule has 0 saturated heterocycles. The van der Waals surface area contributed by atoms with E-state index in [1.54, 1.807) is 0 Å². The van der Waals surface area contributed by atoms with Crippen LogP contribution in [0.2, 0.25) is 0 Å². The van der Waals surface area contributed by atoms with Crippen molar-refractivity contribution in [2.75, 3.05) is 0 Å². The zero-order chi connectivity index (χ0) is 11.1. The molecule has 3 atom stereocenters. The van der Waals surface area contributed by atoms with Crippen molar-refractivity contribution in [1.82, 2.24) is 10.8 Å². The molecule has 1 N–H and O–H groups in total. The van der Waals surface area contributed by atoms with Crippen molar-refractivity contribution >= 4 is 0 Å². The van der Waals surface area contributed by atoms with Gasteiger partial charge >= 0.3 is 0 Å². The number of hydrogen-bond acceptors (Lipinski definition) is 2. The van der Waals surface area contributed by atoms with Crippen LogP contribution in [-0.2, 0) is 4.84 Å². The Morgan fingerprint density at radius 1 is 1.40 bits per heavy atom. The van der Waals surface area contributed by atoms with Gasteiger partial charge in [0.1, 0.15) is 5.60 Å². The minimum absolute atomic E-state index is 0.112. The quantitative estimate of drug-likeness (QED) is 0.336. The van der Waals surface area contributed by atoms with Gasteiger partial charge in [-0.25, -0.2) is 0 Å². The minimum Gasteiger partial charge on any atom is -0.168 e. The lowest BCUT2D eigenvalue weighted by Crippen LogP contribution is -2.34. The molecule has 2 aliphatic carbocycles. The molecular formula is C10H18N4O+. The molecule has 0 amide bonds. The Hall–Kier alpha value is -0.930. The van der Waals surface area contributed by atoms with E-state index < -0.39 is 0 Å². The maximum absolute atomic E-state index is 8.19. The van der Waals surface area contributed by atoms with E-state index in [-0.39, 0.29) is 11.0 Å². The molecule has 2 aliphatic rings. The van der Waals surface area contributed by atoms with Crippen molar-refractivity contribution in [3.05, 3.63) is 10.4 Å². The van der Waals surface area contributed by atoms with Crippen LogP contribution < -0.4 is 10.8 Å².